The van der Waals surface area contributed by atoms with Gasteiger partial charge in [-0.2, -0.15) is 9.38 Å². The molecule has 0 saturated heterocycles. The van der Waals surface area contributed by atoms with Gasteiger partial charge in [-0.1, -0.05) is 35.9 Å². The van der Waals surface area contributed by atoms with Crippen LogP contribution in [0, 0.1) is 10.1 Å². The zero-order valence-corrected chi connectivity index (χ0v) is 10.7. The standard InChI is InChI=1S/C10H11N3O2S2/c14-13(15)9-8(17-7-3-1-2-4-7)11-10-12(9)5-6-16-10/h5-7H,1-4H2. The molecular weight excluding hydrogens is 258 g/mol. The number of imidazole rings is 1. The van der Waals surface area contributed by atoms with Crippen LogP contribution in [0.2, 0.25) is 0 Å². The highest BCUT2D eigenvalue weighted by Crippen LogP contribution is 2.39. The molecule has 1 saturated carbocycles. The van der Waals surface area contributed by atoms with E-state index in [1.165, 1.54) is 24.2 Å². The zero-order chi connectivity index (χ0) is 11.8. The van der Waals surface area contributed by atoms with Gasteiger partial charge in [0, 0.05) is 10.6 Å². The molecule has 0 atom stereocenters. The molecule has 2 aromatic heterocycles. The maximum Gasteiger partial charge on any atom is 0.362 e. The van der Waals surface area contributed by atoms with Crippen molar-refractivity contribution < 1.29 is 4.92 Å². The summed E-state index contributed by atoms with van der Waals surface area (Å²) in [6.45, 7) is 0. The van der Waals surface area contributed by atoms with E-state index in [1.807, 2.05) is 5.38 Å². The number of thioether (sulfide) groups is 1. The van der Waals surface area contributed by atoms with E-state index < -0.39 is 0 Å². The van der Waals surface area contributed by atoms with Crippen molar-refractivity contribution in [3.63, 3.8) is 0 Å². The molecule has 3 rings (SSSR count). The predicted octanol–water partition coefficient (Wildman–Crippen LogP) is 3.34. The summed E-state index contributed by atoms with van der Waals surface area (Å²) in [7, 11) is 0. The van der Waals surface area contributed by atoms with E-state index in [4.69, 9.17) is 0 Å². The summed E-state index contributed by atoms with van der Waals surface area (Å²) in [6, 6.07) is 0. The van der Waals surface area contributed by atoms with Gasteiger partial charge in [-0.05, 0) is 17.8 Å². The number of rotatable bonds is 3. The molecule has 2 aromatic rings. The molecule has 0 radical (unpaired) electrons. The van der Waals surface area contributed by atoms with Gasteiger partial charge in [0.25, 0.3) is 4.96 Å². The van der Waals surface area contributed by atoms with Crippen LogP contribution in [0.1, 0.15) is 25.7 Å². The van der Waals surface area contributed by atoms with Crippen LogP contribution in [-0.2, 0) is 0 Å². The molecule has 90 valence electrons. The van der Waals surface area contributed by atoms with E-state index >= 15 is 0 Å². The van der Waals surface area contributed by atoms with Crippen LogP contribution < -0.4 is 0 Å². The Balaban J connectivity index is 1.99. The molecular formula is C10H11N3O2S2. The quantitative estimate of drug-likeness (QED) is 0.633. The average molecular weight is 269 g/mol. The fourth-order valence-corrected chi connectivity index (χ4v) is 4.23. The van der Waals surface area contributed by atoms with E-state index in [0.717, 1.165) is 12.8 Å². The van der Waals surface area contributed by atoms with E-state index in [1.54, 1.807) is 22.4 Å². The first kappa shape index (κ1) is 11.0. The lowest BCUT2D eigenvalue weighted by Crippen LogP contribution is -1.97. The number of hydrogen-bond acceptors (Lipinski definition) is 5. The van der Waals surface area contributed by atoms with Crippen LogP contribution in [0.25, 0.3) is 4.96 Å². The Morgan fingerprint density at radius 3 is 3.00 bits per heavy atom. The van der Waals surface area contributed by atoms with Crippen LogP contribution in [0.3, 0.4) is 0 Å². The fraction of sp³-hybridized carbons (Fsp3) is 0.500. The molecule has 0 spiro atoms. The second-order valence-electron chi connectivity index (χ2n) is 4.08. The van der Waals surface area contributed by atoms with E-state index in [2.05, 4.69) is 4.98 Å². The van der Waals surface area contributed by atoms with Crippen molar-refractivity contribution in [2.24, 2.45) is 0 Å². The van der Waals surface area contributed by atoms with Crippen LogP contribution in [0.4, 0.5) is 5.82 Å². The molecule has 17 heavy (non-hydrogen) atoms. The van der Waals surface area contributed by atoms with Gasteiger partial charge in [-0.3, -0.25) is 0 Å². The van der Waals surface area contributed by atoms with Crippen molar-refractivity contribution in [1.82, 2.24) is 9.38 Å². The Bertz CT molecular complexity index is 557. The monoisotopic (exact) mass is 269 g/mol. The van der Waals surface area contributed by atoms with Crippen LogP contribution in [0.15, 0.2) is 16.6 Å². The highest BCUT2D eigenvalue weighted by molar-refractivity contribution is 8.00. The predicted molar refractivity (Wildman–Crippen MR) is 67.8 cm³/mol. The van der Waals surface area contributed by atoms with Crippen molar-refractivity contribution in [3.05, 3.63) is 21.7 Å². The number of thiazole rings is 1. The zero-order valence-electron chi connectivity index (χ0n) is 9.04. The Morgan fingerprint density at radius 2 is 2.29 bits per heavy atom. The third kappa shape index (κ3) is 1.93. The first-order valence-electron chi connectivity index (χ1n) is 5.52. The number of nitrogens with zero attached hydrogens (tertiary/aromatic N) is 3. The van der Waals surface area contributed by atoms with Gasteiger partial charge in [-0.25, -0.2) is 0 Å². The van der Waals surface area contributed by atoms with Gasteiger partial charge >= 0.3 is 5.82 Å². The van der Waals surface area contributed by atoms with Crippen molar-refractivity contribution in [2.45, 2.75) is 36.0 Å². The van der Waals surface area contributed by atoms with Crippen molar-refractivity contribution in [3.8, 4) is 0 Å². The maximum absolute atomic E-state index is 11.1. The summed E-state index contributed by atoms with van der Waals surface area (Å²) in [5, 5.41) is 14.0. The Morgan fingerprint density at radius 1 is 1.53 bits per heavy atom. The lowest BCUT2D eigenvalue weighted by molar-refractivity contribution is -0.393. The van der Waals surface area contributed by atoms with E-state index in [-0.39, 0.29) is 10.7 Å². The summed E-state index contributed by atoms with van der Waals surface area (Å²) in [6.07, 6.45) is 6.46. The number of fused-ring (bicyclic) bond motifs is 1. The fourth-order valence-electron chi connectivity index (χ4n) is 2.16. The maximum atomic E-state index is 11.1. The highest BCUT2D eigenvalue weighted by atomic mass is 32.2. The Kier molecular flexibility index (Phi) is 2.79. The average Bonchev–Trinajstić information content (AvgIpc) is 2.92. The van der Waals surface area contributed by atoms with Crippen molar-refractivity contribution >= 4 is 33.9 Å². The molecule has 5 nitrogen and oxygen atoms in total. The molecule has 0 unspecified atom stereocenters. The number of aromatic nitrogens is 2. The summed E-state index contributed by atoms with van der Waals surface area (Å²) in [5.41, 5.74) is 0. The van der Waals surface area contributed by atoms with Crippen LogP contribution >= 0.6 is 23.1 Å². The summed E-state index contributed by atoms with van der Waals surface area (Å²) < 4.78 is 1.57. The van der Waals surface area contributed by atoms with Gasteiger partial charge in [0.15, 0.2) is 5.03 Å². The van der Waals surface area contributed by atoms with Gasteiger partial charge in [0.05, 0.1) is 0 Å². The molecule has 7 heteroatoms. The molecule has 0 amide bonds. The van der Waals surface area contributed by atoms with Crippen molar-refractivity contribution in [1.29, 1.82) is 0 Å². The minimum absolute atomic E-state index is 0.123. The lowest BCUT2D eigenvalue weighted by atomic mass is 10.4. The van der Waals surface area contributed by atoms with Gasteiger partial charge < -0.3 is 10.1 Å². The summed E-state index contributed by atoms with van der Waals surface area (Å²) >= 11 is 3.00. The van der Waals surface area contributed by atoms with Gasteiger partial charge in [0.2, 0.25) is 0 Å². The van der Waals surface area contributed by atoms with E-state index in [0.29, 0.717) is 15.2 Å². The SMILES string of the molecule is O=[N+]([O-])c1c(SC2CCCC2)nc2sccn12. The summed E-state index contributed by atoms with van der Waals surface area (Å²) in [4.78, 5) is 15.8. The van der Waals surface area contributed by atoms with Crippen molar-refractivity contribution in [2.75, 3.05) is 0 Å². The van der Waals surface area contributed by atoms with Crippen LogP contribution in [0.5, 0.6) is 0 Å². The smallest absolute Gasteiger partial charge is 0.358 e. The molecule has 1 fully saturated rings. The third-order valence-corrected chi connectivity index (χ3v) is 5.02. The van der Waals surface area contributed by atoms with E-state index in [9.17, 15) is 10.1 Å². The first-order chi connectivity index (χ1) is 8.25. The minimum atomic E-state index is -0.329. The van der Waals surface area contributed by atoms with Crippen LogP contribution in [-0.4, -0.2) is 19.6 Å². The summed E-state index contributed by atoms with van der Waals surface area (Å²) in [5.74, 6) is 0.123. The third-order valence-electron chi connectivity index (χ3n) is 2.96. The highest BCUT2D eigenvalue weighted by Gasteiger charge is 2.27. The molecule has 1 aliphatic rings. The minimum Gasteiger partial charge on any atom is -0.358 e. The Labute approximate surface area is 106 Å². The molecule has 2 heterocycles. The molecule has 0 aliphatic heterocycles. The second-order valence-corrected chi connectivity index (χ2v) is 6.24. The number of hydrogen-bond donors (Lipinski definition) is 0. The normalized spacial score (nSPS) is 16.9. The first-order valence-corrected chi connectivity index (χ1v) is 7.28. The molecule has 1 aliphatic carbocycles. The molecule has 0 N–H and O–H groups in total. The lowest BCUT2D eigenvalue weighted by Gasteiger charge is -2.04. The molecule has 0 aromatic carbocycles. The topological polar surface area (TPSA) is 60.4 Å². The molecule has 0 bridgehead atoms. The van der Waals surface area contributed by atoms with Gasteiger partial charge in [-0.15, -0.1) is 0 Å². The Hall–Kier alpha value is -1.08. The van der Waals surface area contributed by atoms with Gasteiger partial charge in [0.1, 0.15) is 6.20 Å². The largest absolute Gasteiger partial charge is 0.362 e. The second kappa shape index (κ2) is 4.30. The number of nitro groups is 1.